The number of carbonyl (C=O) groups is 1. The van der Waals surface area contributed by atoms with E-state index in [0.29, 0.717) is 12.0 Å². The van der Waals surface area contributed by atoms with Crippen LogP contribution >= 0.6 is 0 Å². The monoisotopic (exact) mass is 353 g/mol. The summed E-state index contributed by atoms with van der Waals surface area (Å²) >= 11 is 0. The molecule has 4 nitrogen and oxygen atoms in total. The third-order valence-electron chi connectivity index (χ3n) is 6.17. The highest BCUT2D eigenvalue weighted by Gasteiger charge is 2.30. The Bertz CT molecular complexity index is 805. The number of fused-ring (bicyclic) bond motifs is 1. The fraction of sp³-hybridized carbons (Fsp3) is 0.591. The summed E-state index contributed by atoms with van der Waals surface area (Å²) in [4.78, 5) is 18.4. The molecule has 2 fully saturated rings. The maximum atomic E-state index is 13.0. The first-order valence-electron chi connectivity index (χ1n) is 10.1. The first-order chi connectivity index (χ1) is 12.5. The Hall–Kier alpha value is -1.81. The van der Waals surface area contributed by atoms with Crippen molar-refractivity contribution in [3.63, 3.8) is 0 Å². The zero-order valence-corrected chi connectivity index (χ0v) is 16.3. The lowest BCUT2D eigenvalue weighted by molar-refractivity contribution is 0.0640. The Kier molecular flexibility index (Phi) is 4.78. The van der Waals surface area contributed by atoms with Gasteiger partial charge in [-0.3, -0.25) is 4.79 Å². The van der Waals surface area contributed by atoms with Crippen LogP contribution in [0.5, 0.6) is 0 Å². The molecule has 4 rings (SSSR count). The normalized spacial score (nSPS) is 23.6. The van der Waals surface area contributed by atoms with Crippen LogP contribution in [0.2, 0.25) is 0 Å². The number of rotatable bonds is 5. The molecule has 2 heterocycles. The molecule has 1 aromatic carbocycles. The summed E-state index contributed by atoms with van der Waals surface area (Å²) in [5.74, 6) is 1.62. The number of aromatic nitrogens is 1. The highest BCUT2D eigenvalue weighted by molar-refractivity contribution is 5.99. The largest absolute Gasteiger partial charge is 0.351 e. The number of amides is 1. The first kappa shape index (κ1) is 17.6. The molecule has 1 saturated heterocycles. The fourth-order valence-electron chi connectivity index (χ4n) is 4.40. The van der Waals surface area contributed by atoms with Crippen molar-refractivity contribution in [2.45, 2.75) is 52.5 Å². The second kappa shape index (κ2) is 7.07. The van der Waals surface area contributed by atoms with Gasteiger partial charge in [0, 0.05) is 30.0 Å². The highest BCUT2D eigenvalue weighted by Crippen LogP contribution is 2.32. The number of likely N-dealkylation sites (tertiary alicyclic amines) is 1. The molecule has 2 N–H and O–H groups in total. The van der Waals surface area contributed by atoms with Crippen LogP contribution in [0.15, 0.2) is 18.2 Å². The van der Waals surface area contributed by atoms with Gasteiger partial charge in [0.05, 0.1) is 0 Å². The van der Waals surface area contributed by atoms with Crippen LogP contribution in [0, 0.1) is 25.7 Å². The van der Waals surface area contributed by atoms with Gasteiger partial charge in [-0.2, -0.15) is 0 Å². The average molecular weight is 354 g/mol. The number of H-pyrrole nitrogens is 1. The molecule has 1 aromatic heterocycles. The van der Waals surface area contributed by atoms with Gasteiger partial charge in [0.1, 0.15) is 5.69 Å². The van der Waals surface area contributed by atoms with Gasteiger partial charge in [-0.15, -0.1) is 0 Å². The molecule has 0 bridgehead atoms. The molecule has 2 unspecified atom stereocenters. The van der Waals surface area contributed by atoms with Gasteiger partial charge >= 0.3 is 0 Å². The van der Waals surface area contributed by atoms with E-state index in [1.165, 1.54) is 30.4 Å². The molecule has 0 radical (unpaired) electrons. The van der Waals surface area contributed by atoms with Gasteiger partial charge in [0.25, 0.3) is 5.91 Å². The topological polar surface area (TPSA) is 48.1 Å². The molecule has 1 aliphatic carbocycles. The van der Waals surface area contributed by atoms with Crippen molar-refractivity contribution >= 4 is 16.8 Å². The van der Waals surface area contributed by atoms with E-state index in [1.54, 1.807) is 0 Å². The van der Waals surface area contributed by atoms with E-state index in [4.69, 9.17) is 0 Å². The third kappa shape index (κ3) is 3.66. The summed E-state index contributed by atoms with van der Waals surface area (Å²) in [6, 6.07) is 6.87. The lowest BCUT2D eigenvalue weighted by Gasteiger charge is -2.37. The number of nitrogens with one attached hydrogen (secondary N) is 2. The summed E-state index contributed by atoms with van der Waals surface area (Å²) < 4.78 is 0. The van der Waals surface area contributed by atoms with Gasteiger partial charge in [-0.25, -0.2) is 0 Å². The van der Waals surface area contributed by atoms with Gasteiger partial charge in [-0.05, 0) is 68.3 Å². The minimum absolute atomic E-state index is 0.140. The molecule has 140 valence electrons. The second-order valence-corrected chi connectivity index (χ2v) is 8.54. The van der Waals surface area contributed by atoms with E-state index in [2.05, 4.69) is 43.2 Å². The minimum atomic E-state index is 0.140. The van der Waals surface area contributed by atoms with Crippen LogP contribution in [0.1, 0.15) is 54.2 Å². The molecule has 2 aromatic rings. The molecule has 2 aliphatic rings. The molecule has 1 saturated carbocycles. The van der Waals surface area contributed by atoms with Crippen molar-refractivity contribution in [2.24, 2.45) is 11.8 Å². The maximum absolute atomic E-state index is 13.0. The molecule has 2 atom stereocenters. The standard InChI is InChI=1S/C22H31N3O/c1-14-10-15(2)18-12-21(24-20(18)11-14)22(26)25-9-7-19(16(3)13-25)23-8-6-17-4-5-17/h10-12,16-17,19,23-24H,4-9,13H2,1-3H3. The zero-order valence-electron chi connectivity index (χ0n) is 16.3. The Morgan fingerprint density at radius 3 is 2.77 bits per heavy atom. The Morgan fingerprint density at radius 2 is 2.04 bits per heavy atom. The smallest absolute Gasteiger partial charge is 0.270 e. The number of hydrogen-bond acceptors (Lipinski definition) is 2. The number of aromatic amines is 1. The zero-order chi connectivity index (χ0) is 18.3. The van der Waals surface area contributed by atoms with Crippen LogP contribution in [-0.4, -0.2) is 41.5 Å². The van der Waals surface area contributed by atoms with Crippen LogP contribution in [0.25, 0.3) is 10.9 Å². The number of hydrogen-bond donors (Lipinski definition) is 2. The molecular weight excluding hydrogens is 322 g/mol. The van der Waals surface area contributed by atoms with E-state index >= 15 is 0 Å². The van der Waals surface area contributed by atoms with Gasteiger partial charge < -0.3 is 15.2 Å². The number of aryl methyl sites for hydroxylation is 2. The summed E-state index contributed by atoms with van der Waals surface area (Å²) in [6.07, 6.45) is 5.22. The van der Waals surface area contributed by atoms with E-state index in [1.807, 2.05) is 11.0 Å². The summed E-state index contributed by atoms with van der Waals surface area (Å²) in [7, 11) is 0. The predicted molar refractivity (Wildman–Crippen MR) is 107 cm³/mol. The average Bonchev–Trinajstić information content (AvgIpc) is 3.32. The number of carbonyl (C=O) groups excluding carboxylic acids is 1. The van der Waals surface area contributed by atoms with E-state index in [9.17, 15) is 4.79 Å². The van der Waals surface area contributed by atoms with Crippen molar-refractivity contribution in [1.82, 2.24) is 15.2 Å². The van der Waals surface area contributed by atoms with Crippen LogP contribution in [0.3, 0.4) is 0 Å². The van der Waals surface area contributed by atoms with Gasteiger partial charge in [0.15, 0.2) is 0 Å². The summed E-state index contributed by atoms with van der Waals surface area (Å²) in [5.41, 5.74) is 4.24. The Morgan fingerprint density at radius 1 is 1.23 bits per heavy atom. The van der Waals surface area contributed by atoms with Crippen molar-refractivity contribution in [1.29, 1.82) is 0 Å². The quantitative estimate of drug-likeness (QED) is 0.853. The first-order valence-corrected chi connectivity index (χ1v) is 10.1. The fourth-order valence-corrected chi connectivity index (χ4v) is 4.40. The lowest BCUT2D eigenvalue weighted by atomic mass is 9.93. The van der Waals surface area contributed by atoms with Crippen LogP contribution in [-0.2, 0) is 0 Å². The molecule has 0 spiro atoms. The lowest BCUT2D eigenvalue weighted by Crippen LogP contribution is -2.50. The van der Waals surface area contributed by atoms with Crippen molar-refractivity contribution < 1.29 is 4.79 Å². The Balaban J connectivity index is 1.40. The van der Waals surface area contributed by atoms with E-state index in [-0.39, 0.29) is 5.91 Å². The van der Waals surface area contributed by atoms with Gasteiger partial charge in [-0.1, -0.05) is 25.8 Å². The minimum Gasteiger partial charge on any atom is -0.351 e. The third-order valence-corrected chi connectivity index (χ3v) is 6.17. The van der Waals surface area contributed by atoms with E-state index in [0.717, 1.165) is 48.6 Å². The highest BCUT2D eigenvalue weighted by atomic mass is 16.2. The predicted octanol–water partition coefficient (Wildman–Crippen LogP) is 4.03. The molecular formula is C22H31N3O. The van der Waals surface area contributed by atoms with Crippen LogP contribution < -0.4 is 5.32 Å². The molecule has 26 heavy (non-hydrogen) atoms. The van der Waals surface area contributed by atoms with E-state index < -0.39 is 0 Å². The molecule has 1 aliphatic heterocycles. The number of piperidine rings is 1. The Labute approximate surface area is 156 Å². The van der Waals surface area contributed by atoms with Gasteiger partial charge in [0.2, 0.25) is 0 Å². The van der Waals surface area contributed by atoms with Crippen LogP contribution in [0.4, 0.5) is 0 Å². The maximum Gasteiger partial charge on any atom is 0.270 e. The molecule has 1 amide bonds. The number of nitrogens with zero attached hydrogens (tertiary/aromatic N) is 1. The van der Waals surface area contributed by atoms with Crippen molar-refractivity contribution in [3.05, 3.63) is 35.0 Å². The van der Waals surface area contributed by atoms with Crippen molar-refractivity contribution in [3.8, 4) is 0 Å². The summed E-state index contributed by atoms with van der Waals surface area (Å²) in [6.45, 7) is 9.29. The number of benzene rings is 1. The second-order valence-electron chi connectivity index (χ2n) is 8.54. The summed E-state index contributed by atoms with van der Waals surface area (Å²) in [5, 5.41) is 4.89. The van der Waals surface area contributed by atoms with Crippen molar-refractivity contribution in [2.75, 3.05) is 19.6 Å². The molecule has 4 heteroatoms. The SMILES string of the molecule is Cc1cc(C)c2cc(C(=O)N3CCC(NCCC4CC4)C(C)C3)[nH]c2c1.